The molecule has 0 saturated heterocycles. The number of nitrogens with zero attached hydrogens (tertiary/aromatic N) is 2. The first-order chi connectivity index (χ1) is 18.7. The minimum atomic E-state index is 0.917. The van der Waals surface area contributed by atoms with Gasteiger partial charge in [0.25, 0.3) is 0 Å². The van der Waals surface area contributed by atoms with E-state index in [1.165, 1.54) is 111 Å². The number of rotatable bonds is 19. The molecule has 2 nitrogen and oxygen atoms in total. The van der Waals surface area contributed by atoms with Crippen LogP contribution < -0.4 is 0 Å². The van der Waals surface area contributed by atoms with Gasteiger partial charge in [-0.15, -0.1) is 0 Å². The number of hydrogen-bond donors (Lipinski definition) is 0. The molecule has 0 aromatic heterocycles. The second-order valence-electron chi connectivity index (χ2n) is 11.3. The Labute approximate surface area is 233 Å². The Hall–Kier alpha value is -2.48. The Morgan fingerprint density at radius 2 is 1.05 bits per heavy atom. The van der Waals surface area contributed by atoms with Gasteiger partial charge in [-0.2, -0.15) is 0 Å². The SMILES string of the molecule is CCCCCCCCC1=C(c2cccc(CCCCCCCC)c2)[N+](=[N-])C(c2cccc(CCCC)c2)=C1. The average molecular weight is 513 g/mol. The van der Waals surface area contributed by atoms with Crippen LogP contribution >= 0.6 is 0 Å². The molecule has 2 aromatic rings. The van der Waals surface area contributed by atoms with E-state index >= 15 is 0 Å². The maximum Gasteiger partial charge on any atom is 0.210 e. The van der Waals surface area contributed by atoms with Crippen LogP contribution in [0.25, 0.3) is 16.9 Å². The molecule has 0 atom stereocenters. The topological polar surface area (TPSA) is 25.3 Å². The Bertz CT molecular complexity index is 1060. The molecule has 0 amide bonds. The van der Waals surface area contributed by atoms with E-state index < -0.39 is 0 Å². The lowest BCUT2D eigenvalue weighted by molar-refractivity contribution is -0.344. The Morgan fingerprint density at radius 1 is 0.553 bits per heavy atom. The van der Waals surface area contributed by atoms with Gasteiger partial charge in [0, 0.05) is 22.8 Å². The van der Waals surface area contributed by atoms with E-state index in [0.29, 0.717) is 0 Å². The third-order valence-electron chi connectivity index (χ3n) is 7.92. The van der Waals surface area contributed by atoms with Crippen molar-refractivity contribution in [1.82, 2.24) is 0 Å². The Morgan fingerprint density at radius 3 is 1.68 bits per heavy atom. The molecule has 0 spiro atoms. The van der Waals surface area contributed by atoms with Gasteiger partial charge in [-0.1, -0.05) is 116 Å². The zero-order chi connectivity index (χ0) is 27.0. The lowest BCUT2D eigenvalue weighted by atomic mass is 9.98. The summed E-state index contributed by atoms with van der Waals surface area (Å²) >= 11 is 0. The van der Waals surface area contributed by atoms with Crippen LogP contribution in [-0.2, 0) is 12.8 Å². The maximum absolute atomic E-state index is 11.6. The van der Waals surface area contributed by atoms with Crippen molar-refractivity contribution in [2.24, 2.45) is 0 Å². The minimum absolute atomic E-state index is 0.917. The van der Waals surface area contributed by atoms with Gasteiger partial charge >= 0.3 is 0 Å². The summed E-state index contributed by atoms with van der Waals surface area (Å²) in [6.07, 6.45) is 23.5. The summed E-state index contributed by atoms with van der Waals surface area (Å²) in [6.45, 7) is 6.79. The summed E-state index contributed by atoms with van der Waals surface area (Å²) in [5, 5.41) is 0. The number of benzene rings is 2. The normalized spacial score (nSPS) is 13.4. The highest BCUT2D eigenvalue weighted by Gasteiger charge is 2.29. The van der Waals surface area contributed by atoms with Gasteiger partial charge in [0.15, 0.2) is 0 Å². The first kappa shape index (κ1) is 30.1. The molecular weight excluding hydrogens is 460 g/mol. The molecule has 38 heavy (non-hydrogen) atoms. The van der Waals surface area contributed by atoms with Crippen molar-refractivity contribution < 1.29 is 4.70 Å². The van der Waals surface area contributed by atoms with Crippen LogP contribution in [0.15, 0.2) is 60.2 Å². The minimum Gasteiger partial charge on any atom is -0.493 e. The predicted molar refractivity (Wildman–Crippen MR) is 165 cm³/mol. The summed E-state index contributed by atoms with van der Waals surface area (Å²) in [5.41, 5.74) is 19.7. The first-order valence-corrected chi connectivity index (χ1v) is 15.8. The van der Waals surface area contributed by atoms with Gasteiger partial charge in [-0.3, -0.25) is 0 Å². The van der Waals surface area contributed by atoms with Crippen molar-refractivity contribution >= 4 is 11.4 Å². The third-order valence-corrected chi connectivity index (χ3v) is 7.92. The summed E-state index contributed by atoms with van der Waals surface area (Å²) < 4.78 is 1.48. The van der Waals surface area contributed by atoms with E-state index in [9.17, 15) is 5.53 Å². The van der Waals surface area contributed by atoms with Crippen LogP contribution in [0.2, 0.25) is 0 Å². The van der Waals surface area contributed by atoms with Crippen molar-refractivity contribution in [3.05, 3.63) is 88.0 Å². The van der Waals surface area contributed by atoms with Gasteiger partial charge in [0.2, 0.25) is 11.4 Å². The number of allylic oxidation sites excluding steroid dienone is 2. The second-order valence-corrected chi connectivity index (χ2v) is 11.3. The van der Waals surface area contributed by atoms with Gasteiger partial charge in [-0.25, -0.2) is 4.70 Å². The molecule has 0 bridgehead atoms. The standard InChI is InChI=1S/C36H52N2/c1-4-7-10-12-14-16-21-31-23-19-26-33(28-31)36-34(24-17-15-13-11-8-5-2)29-35(38(36)37)32-25-18-22-30(27-32)20-9-6-3/h18-19,22-23,25-29H,4-17,20-21,24H2,1-3H3. The highest BCUT2D eigenvalue weighted by molar-refractivity contribution is 5.78. The van der Waals surface area contributed by atoms with E-state index in [4.69, 9.17) is 0 Å². The summed E-state index contributed by atoms with van der Waals surface area (Å²) in [4.78, 5) is 0. The molecule has 0 unspecified atom stereocenters. The van der Waals surface area contributed by atoms with Crippen molar-refractivity contribution in [2.45, 2.75) is 130 Å². The highest BCUT2D eigenvalue weighted by Crippen LogP contribution is 2.38. The lowest BCUT2D eigenvalue weighted by Gasteiger charge is -2.12. The summed E-state index contributed by atoms with van der Waals surface area (Å²) in [5.74, 6) is 0. The zero-order valence-electron chi connectivity index (χ0n) is 24.6. The molecule has 0 saturated carbocycles. The quantitative estimate of drug-likeness (QED) is 0.132. The Kier molecular flexibility index (Phi) is 13.6. The molecule has 1 aliphatic heterocycles. The molecule has 0 aliphatic carbocycles. The van der Waals surface area contributed by atoms with E-state index in [0.717, 1.165) is 41.8 Å². The number of aryl methyl sites for hydroxylation is 2. The molecule has 206 valence electrons. The molecule has 2 heteroatoms. The highest BCUT2D eigenvalue weighted by atomic mass is 15.2. The molecule has 2 aromatic carbocycles. The van der Waals surface area contributed by atoms with E-state index in [1.807, 2.05) is 0 Å². The van der Waals surface area contributed by atoms with E-state index in [1.54, 1.807) is 0 Å². The Balaban J connectivity index is 1.77. The summed E-state index contributed by atoms with van der Waals surface area (Å²) in [7, 11) is 0. The van der Waals surface area contributed by atoms with Crippen LogP contribution in [0, 0.1) is 0 Å². The second kappa shape index (κ2) is 17.2. The van der Waals surface area contributed by atoms with Gasteiger partial charge < -0.3 is 5.53 Å². The molecule has 3 rings (SSSR count). The lowest BCUT2D eigenvalue weighted by Crippen LogP contribution is -2.03. The van der Waals surface area contributed by atoms with Crippen LogP contribution in [0.3, 0.4) is 0 Å². The molecule has 0 N–H and O–H groups in total. The predicted octanol–water partition coefficient (Wildman–Crippen LogP) is 11.5. The van der Waals surface area contributed by atoms with Crippen LogP contribution in [0.1, 0.15) is 139 Å². The fourth-order valence-corrected chi connectivity index (χ4v) is 5.60. The first-order valence-electron chi connectivity index (χ1n) is 15.8. The van der Waals surface area contributed by atoms with Gasteiger partial charge in [0.1, 0.15) is 0 Å². The van der Waals surface area contributed by atoms with E-state index in [2.05, 4.69) is 75.4 Å². The van der Waals surface area contributed by atoms with Crippen LogP contribution in [-0.4, -0.2) is 4.70 Å². The zero-order valence-corrected chi connectivity index (χ0v) is 24.6. The van der Waals surface area contributed by atoms with Crippen molar-refractivity contribution in [2.75, 3.05) is 0 Å². The van der Waals surface area contributed by atoms with Crippen molar-refractivity contribution in [3.63, 3.8) is 0 Å². The monoisotopic (exact) mass is 512 g/mol. The molecular formula is C36H52N2. The van der Waals surface area contributed by atoms with Crippen molar-refractivity contribution in [3.8, 4) is 0 Å². The molecule has 1 aliphatic rings. The molecule has 1 heterocycles. The third kappa shape index (κ3) is 9.37. The van der Waals surface area contributed by atoms with E-state index in [-0.39, 0.29) is 0 Å². The van der Waals surface area contributed by atoms with Crippen molar-refractivity contribution in [1.29, 1.82) is 0 Å². The maximum atomic E-state index is 11.6. The fourth-order valence-electron chi connectivity index (χ4n) is 5.60. The largest absolute Gasteiger partial charge is 0.493 e. The van der Waals surface area contributed by atoms with Gasteiger partial charge in [-0.05, 0) is 73.9 Å². The molecule has 0 fully saturated rings. The van der Waals surface area contributed by atoms with Gasteiger partial charge in [0.05, 0.1) is 0 Å². The van der Waals surface area contributed by atoms with Crippen LogP contribution in [0.4, 0.5) is 0 Å². The smallest absolute Gasteiger partial charge is 0.210 e. The number of hydrogen-bond acceptors (Lipinski definition) is 0. The number of unbranched alkanes of at least 4 members (excludes halogenated alkanes) is 11. The molecule has 0 radical (unpaired) electrons. The summed E-state index contributed by atoms with van der Waals surface area (Å²) in [6, 6.07) is 17.7. The average Bonchev–Trinajstić information content (AvgIpc) is 3.27. The van der Waals surface area contributed by atoms with Crippen LogP contribution in [0.5, 0.6) is 0 Å². The fraction of sp³-hybridized carbons (Fsp3) is 0.556.